The summed E-state index contributed by atoms with van der Waals surface area (Å²) in [5, 5.41) is 3.54. The zero-order valence-corrected chi connectivity index (χ0v) is 17.1. The van der Waals surface area contributed by atoms with Gasteiger partial charge in [0.1, 0.15) is 0 Å². The van der Waals surface area contributed by atoms with Gasteiger partial charge in [0.05, 0.1) is 0 Å². The van der Waals surface area contributed by atoms with Crippen LogP contribution >= 0.6 is 0 Å². The van der Waals surface area contributed by atoms with Crippen molar-refractivity contribution >= 4 is 16.1 Å². The second-order valence-corrected chi connectivity index (χ2v) is 20.5. The fraction of sp³-hybridized carbons (Fsp3) is 0.500. The molecule has 0 heterocycles. The van der Waals surface area contributed by atoms with Gasteiger partial charge in [0.15, 0.2) is 0 Å². The Labute approximate surface area is 129 Å². The van der Waals surface area contributed by atoms with Crippen LogP contribution < -0.4 is 0 Å². The maximum absolute atomic E-state index is 2.49. The second kappa shape index (κ2) is 5.46. The van der Waals surface area contributed by atoms with Gasteiger partial charge in [-0.3, -0.25) is 0 Å². The Morgan fingerprint density at radius 1 is 0.737 bits per heavy atom. The van der Waals surface area contributed by atoms with Gasteiger partial charge in [-0.05, 0) is 0 Å². The molecule has 0 radical (unpaired) electrons. The summed E-state index contributed by atoms with van der Waals surface area (Å²) in [7, 11) is -2.27. The van der Waals surface area contributed by atoms with E-state index in [1.807, 2.05) is 7.93 Å². The van der Waals surface area contributed by atoms with Crippen LogP contribution in [0.1, 0.15) is 12.8 Å². The van der Waals surface area contributed by atoms with Crippen LogP contribution in [0.25, 0.3) is 0 Å². The molecule has 0 unspecified atom stereocenters. The first kappa shape index (κ1) is 15.5. The van der Waals surface area contributed by atoms with E-state index < -0.39 is 16.1 Å². The van der Waals surface area contributed by atoms with Crippen molar-refractivity contribution in [3.63, 3.8) is 0 Å². The van der Waals surface area contributed by atoms with Crippen LogP contribution in [0.2, 0.25) is 39.3 Å². The molecule has 0 saturated heterocycles. The van der Waals surface area contributed by atoms with Crippen molar-refractivity contribution in [3.8, 4) is 0 Å². The standard InChI is InChI=1S/2C8H13Si.Mo/c2*1-9(2,3)8-6-4-5-7-8;/h2*4,6H,5H2,1-3H3;. The average Bonchev–Trinajstić information content (AvgIpc) is 2.83. The van der Waals surface area contributed by atoms with Crippen LogP contribution in [0.15, 0.2) is 42.6 Å². The fourth-order valence-corrected chi connectivity index (χ4v) is 13.4. The van der Waals surface area contributed by atoms with Gasteiger partial charge in [-0.1, -0.05) is 0 Å². The molecule has 0 aliphatic heterocycles. The van der Waals surface area contributed by atoms with Gasteiger partial charge < -0.3 is 0 Å². The topological polar surface area (TPSA) is 0 Å². The molecule has 0 spiro atoms. The van der Waals surface area contributed by atoms with Gasteiger partial charge in [-0.25, -0.2) is 0 Å². The van der Waals surface area contributed by atoms with Gasteiger partial charge in [0.25, 0.3) is 0 Å². The molecule has 2 rings (SSSR count). The van der Waals surface area contributed by atoms with Gasteiger partial charge in [0, 0.05) is 0 Å². The summed E-state index contributed by atoms with van der Waals surface area (Å²) in [6, 6.07) is 0. The quantitative estimate of drug-likeness (QED) is 0.593. The van der Waals surface area contributed by atoms with E-state index in [1.165, 1.54) is 12.8 Å². The van der Waals surface area contributed by atoms with E-state index in [9.17, 15) is 0 Å². The summed E-state index contributed by atoms with van der Waals surface area (Å²) in [4.78, 5) is 0. The van der Waals surface area contributed by atoms with E-state index in [-0.39, 0.29) is 18.6 Å². The third-order valence-corrected chi connectivity index (χ3v) is 11.9. The molecule has 0 N–H and O–H groups in total. The van der Waals surface area contributed by atoms with E-state index in [0.717, 1.165) is 0 Å². The zero-order chi connectivity index (χ0) is 14.3. The van der Waals surface area contributed by atoms with Crippen molar-refractivity contribution in [1.29, 1.82) is 0 Å². The molecule has 0 aromatic rings. The number of rotatable bonds is 4. The molecule has 104 valence electrons. The third-order valence-electron chi connectivity index (χ3n) is 3.64. The molecule has 3 heteroatoms. The van der Waals surface area contributed by atoms with Crippen LogP contribution in [0.3, 0.4) is 0 Å². The fourth-order valence-electron chi connectivity index (χ4n) is 2.65. The van der Waals surface area contributed by atoms with E-state index in [2.05, 4.69) is 63.6 Å². The Balaban J connectivity index is 2.28. The Morgan fingerprint density at radius 3 is 1.42 bits per heavy atom. The maximum atomic E-state index is 2.49. The number of hydrogen-bond acceptors (Lipinski definition) is 0. The predicted octanol–water partition coefficient (Wildman–Crippen LogP) is 5.25. The monoisotopic (exact) mass is 372 g/mol. The van der Waals surface area contributed by atoms with Crippen LogP contribution in [-0.4, -0.2) is 16.1 Å². The molecule has 0 atom stereocenters. The Hall–Kier alpha value is 0.0821. The van der Waals surface area contributed by atoms with Crippen LogP contribution in [0.4, 0.5) is 0 Å². The van der Waals surface area contributed by atoms with Gasteiger partial charge >= 0.3 is 129 Å². The Bertz CT molecular complexity index is 448. The SMILES string of the molecule is C[Si](C)(C)C1=[C]([Mo][C]2=C([Si](C)(C)C)C=CC2)CC=C1. The molecular formula is C16H26MoSi2. The van der Waals surface area contributed by atoms with Crippen molar-refractivity contribution in [2.24, 2.45) is 0 Å². The summed E-state index contributed by atoms with van der Waals surface area (Å²) in [6.45, 7) is 15.0. The average molecular weight is 370 g/mol. The molecule has 0 nitrogen and oxygen atoms in total. The first-order valence-electron chi connectivity index (χ1n) is 7.18. The summed E-state index contributed by atoms with van der Waals surface area (Å²) < 4.78 is 3.69. The first-order valence-corrected chi connectivity index (χ1v) is 16.2. The Kier molecular flexibility index (Phi) is 4.45. The summed E-state index contributed by atoms with van der Waals surface area (Å²) in [5.41, 5.74) is 0. The normalized spacial score (nSPS) is 20.1. The molecule has 0 bridgehead atoms. The van der Waals surface area contributed by atoms with E-state index in [4.69, 9.17) is 0 Å². The van der Waals surface area contributed by atoms with Gasteiger partial charge in [0.2, 0.25) is 0 Å². The molecule has 0 fully saturated rings. The van der Waals surface area contributed by atoms with Gasteiger partial charge in [-0.2, -0.15) is 0 Å². The molecule has 0 saturated carbocycles. The Morgan fingerprint density at radius 2 is 1.11 bits per heavy atom. The zero-order valence-electron chi connectivity index (χ0n) is 13.1. The molecule has 0 aromatic carbocycles. The third kappa shape index (κ3) is 3.59. The van der Waals surface area contributed by atoms with E-state index >= 15 is 0 Å². The van der Waals surface area contributed by atoms with Crippen molar-refractivity contribution in [1.82, 2.24) is 0 Å². The summed E-state index contributed by atoms with van der Waals surface area (Å²) in [5.74, 6) is 0. The van der Waals surface area contributed by atoms with Crippen molar-refractivity contribution in [2.45, 2.75) is 52.1 Å². The van der Waals surface area contributed by atoms with E-state index in [0.29, 0.717) is 0 Å². The molecule has 2 aliphatic carbocycles. The first-order chi connectivity index (χ1) is 8.69. The molecule has 2 aliphatic rings. The van der Waals surface area contributed by atoms with Gasteiger partial charge in [-0.15, -0.1) is 0 Å². The summed E-state index contributed by atoms with van der Waals surface area (Å²) >= 11 is -0.0956. The molecular weight excluding hydrogens is 344 g/mol. The predicted molar refractivity (Wildman–Crippen MR) is 88.3 cm³/mol. The van der Waals surface area contributed by atoms with E-state index in [1.54, 1.807) is 10.4 Å². The van der Waals surface area contributed by atoms with Crippen LogP contribution in [0, 0.1) is 0 Å². The van der Waals surface area contributed by atoms with Crippen LogP contribution in [-0.2, 0) is 18.6 Å². The van der Waals surface area contributed by atoms with Crippen molar-refractivity contribution in [2.75, 3.05) is 0 Å². The molecule has 19 heavy (non-hydrogen) atoms. The second-order valence-electron chi connectivity index (χ2n) is 7.49. The minimum absolute atomic E-state index is 0.0956. The molecule has 0 aromatic heterocycles. The summed E-state index contributed by atoms with van der Waals surface area (Å²) in [6.07, 6.45) is 12.2. The van der Waals surface area contributed by atoms with Crippen molar-refractivity contribution in [3.05, 3.63) is 42.6 Å². The molecule has 0 amide bonds. The number of allylic oxidation sites excluding steroid dienone is 8. The van der Waals surface area contributed by atoms with Crippen LogP contribution in [0.5, 0.6) is 0 Å². The van der Waals surface area contributed by atoms with Crippen molar-refractivity contribution < 1.29 is 18.6 Å². The number of hydrogen-bond donors (Lipinski definition) is 0. The minimum atomic E-state index is -1.13.